The Balaban J connectivity index is 2.20. The van der Waals surface area contributed by atoms with Gasteiger partial charge in [0.15, 0.2) is 5.69 Å². The van der Waals surface area contributed by atoms with E-state index in [4.69, 9.17) is 0 Å². The highest BCUT2D eigenvalue weighted by Crippen LogP contribution is 2.29. The Hall–Kier alpha value is -2.14. The van der Waals surface area contributed by atoms with Gasteiger partial charge in [0.1, 0.15) is 5.82 Å². The van der Waals surface area contributed by atoms with Crippen LogP contribution in [0.5, 0.6) is 0 Å². The summed E-state index contributed by atoms with van der Waals surface area (Å²) in [4.78, 5) is 15.7. The van der Waals surface area contributed by atoms with Crippen LogP contribution in [0, 0.1) is 6.92 Å². The average molecular weight is 272 g/mol. The van der Waals surface area contributed by atoms with Crippen LogP contribution in [0.2, 0.25) is 0 Å². The van der Waals surface area contributed by atoms with E-state index in [0.717, 1.165) is 11.1 Å². The predicted molar refractivity (Wildman–Crippen MR) is 73.7 cm³/mol. The quantitative estimate of drug-likeness (QED) is 0.875. The molecule has 1 aliphatic rings. The number of fused-ring (bicyclic) bond motifs is 1. The first-order valence-corrected chi connectivity index (χ1v) is 6.64. The van der Waals surface area contributed by atoms with Gasteiger partial charge in [0.25, 0.3) is 0 Å². The maximum atomic E-state index is 11.4. The van der Waals surface area contributed by atoms with Crippen LogP contribution in [0.1, 0.15) is 28.2 Å². The van der Waals surface area contributed by atoms with Gasteiger partial charge in [0.05, 0.1) is 11.8 Å². The largest absolute Gasteiger partial charge is 0.476 e. The van der Waals surface area contributed by atoms with E-state index in [-0.39, 0.29) is 5.69 Å². The van der Waals surface area contributed by atoms with Gasteiger partial charge in [0.2, 0.25) is 0 Å². The fourth-order valence-corrected chi connectivity index (χ4v) is 2.74. The molecule has 0 spiro atoms. The molecule has 0 bridgehead atoms. The molecular weight excluding hydrogens is 256 g/mol. The second-order valence-electron chi connectivity index (χ2n) is 5.15. The third kappa shape index (κ3) is 2.00. The zero-order valence-electron chi connectivity index (χ0n) is 11.2. The van der Waals surface area contributed by atoms with E-state index in [2.05, 4.69) is 4.98 Å². The van der Waals surface area contributed by atoms with Crippen molar-refractivity contribution in [2.45, 2.75) is 32.4 Å². The van der Waals surface area contributed by atoms with E-state index in [0.29, 0.717) is 30.9 Å². The number of nitrogens with zero attached hydrogens (tertiary/aromatic N) is 2. The molecule has 5 heteroatoms. The van der Waals surface area contributed by atoms with Crippen LogP contribution < -0.4 is 0 Å². The van der Waals surface area contributed by atoms with Crippen molar-refractivity contribution in [3.05, 3.63) is 41.2 Å². The maximum absolute atomic E-state index is 11.4. The van der Waals surface area contributed by atoms with Crippen molar-refractivity contribution in [1.82, 2.24) is 9.55 Å². The van der Waals surface area contributed by atoms with Gasteiger partial charge < -0.3 is 14.8 Å². The lowest BCUT2D eigenvalue weighted by Gasteiger charge is -2.21. The van der Waals surface area contributed by atoms with Crippen molar-refractivity contribution in [2.24, 2.45) is 0 Å². The number of hydrogen-bond donors (Lipinski definition) is 2. The molecule has 2 aromatic rings. The first kappa shape index (κ1) is 12.9. The Morgan fingerprint density at radius 1 is 1.40 bits per heavy atom. The molecule has 0 amide bonds. The molecule has 0 aliphatic carbocycles. The fourth-order valence-electron chi connectivity index (χ4n) is 2.74. The van der Waals surface area contributed by atoms with Gasteiger partial charge >= 0.3 is 5.97 Å². The third-order valence-corrected chi connectivity index (χ3v) is 3.78. The first-order valence-electron chi connectivity index (χ1n) is 6.64. The van der Waals surface area contributed by atoms with Gasteiger partial charge in [-0.2, -0.15) is 0 Å². The number of hydrogen-bond acceptors (Lipinski definition) is 3. The number of aromatic carboxylic acids is 1. The lowest BCUT2D eigenvalue weighted by atomic mass is 10.0. The normalized spacial score (nSPS) is 17.8. The Morgan fingerprint density at radius 3 is 2.85 bits per heavy atom. The summed E-state index contributed by atoms with van der Waals surface area (Å²) in [5, 5.41) is 19.1. The van der Waals surface area contributed by atoms with Gasteiger partial charge in [-0.3, -0.25) is 0 Å². The summed E-state index contributed by atoms with van der Waals surface area (Å²) >= 11 is 0. The molecule has 3 rings (SSSR count). The van der Waals surface area contributed by atoms with Gasteiger partial charge in [-0.25, -0.2) is 9.78 Å². The molecule has 1 aliphatic heterocycles. The smallest absolute Gasteiger partial charge is 0.356 e. The van der Waals surface area contributed by atoms with Crippen molar-refractivity contribution in [1.29, 1.82) is 0 Å². The Bertz CT molecular complexity index is 676. The zero-order chi connectivity index (χ0) is 14.3. The number of carbonyl (C=O) groups is 1. The zero-order valence-corrected chi connectivity index (χ0v) is 11.2. The van der Waals surface area contributed by atoms with Crippen molar-refractivity contribution < 1.29 is 15.0 Å². The molecule has 0 fully saturated rings. The minimum Gasteiger partial charge on any atom is -0.476 e. The highest BCUT2D eigenvalue weighted by atomic mass is 16.4. The van der Waals surface area contributed by atoms with Crippen LogP contribution in [0.15, 0.2) is 24.3 Å². The van der Waals surface area contributed by atoms with E-state index < -0.39 is 12.1 Å². The Kier molecular flexibility index (Phi) is 3.06. The van der Waals surface area contributed by atoms with Gasteiger partial charge in [-0.05, 0) is 18.9 Å². The second kappa shape index (κ2) is 4.76. The van der Waals surface area contributed by atoms with E-state index in [1.807, 2.05) is 35.8 Å². The maximum Gasteiger partial charge on any atom is 0.356 e. The summed E-state index contributed by atoms with van der Waals surface area (Å²) in [6.45, 7) is 2.58. The lowest BCUT2D eigenvalue weighted by molar-refractivity contribution is 0.0687. The van der Waals surface area contributed by atoms with E-state index in [1.165, 1.54) is 0 Å². The minimum atomic E-state index is -1.04. The summed E-state index contributed by atoms with van der Waals surface area (Å²) < 4.78 is 1.93. The van der Waals surface area contributed by atoms with Crippen LogP contribution in [0.3, 0.4) is 0 Å². The van der Waals surface area contributed by atoms with E-state index in [1.54, 1.807) is 0 Å². The van der Waals surface area contributed by atoms with Crippen LogP contribution >= 0.6 is 0 Å². The standard InChI is InChI=1S/C15H16N2O3/c1-9-4-2-3-5-11(9)14-16-13(15(19)20)12-8-10(18)6-7-17(12)14/h2-5,10,18H,6-8H2,1H3,(H,19,20). The summed E-state index contributed by atoms with van der Waals surface area (Å²) in [6.07, 6.45) is 0.490. The number of imidazole rings is 1. The molecule has 5 nitrogen and oxygen atoms in total. The number of carboxylic acids is 1. The number of rotatable bonds is 2. The average Bonchev–Trinajstić information content (AvgIpc) is 2.78. The van der Waals surface area contributed by atoms with Crippen LogP contribution in [-0.2, 0) is 13.0 Å². The number of benzene rings is 1. The van der Waals surface area contributed by atoms with E-state index >= 15 is 0 Å². The van der Waals surface area contributed by atoms with Crippen LogP contribution in [0.4, 0.5) is 0 Å². The Labute approximate surface area is 116 Å². The molecule has 0 saturated heterocycles. The van der Waals surface area contributed by atoms with Gasteiger partial charge in [-0.1, -0.05) is 24.3 Å². The lowest BCUT2D eigenvalue weighted by Crippen LogP contribution is -2.24. The molecule has 2 N–H and O–H groups in total. The molecule has 0 radical (unpaired) electrons. The number of aliphatic hydroxyl groups excluding tert-OH is 1. The van der Waals surface area contributed by atoms with Crippen molar-refractivity contribution in [2.75, 3.05) is 0 Å². The van der Waals surface area contributed by atoms with Crippen LogP contribution in [-0.4, -0.2) is 31.8 Å². The molecule has 20 heavy (non-hydrogen) atoms. The fraction of sp³-hybridized carbons (Fsp3) is 0.333. The highest BCUT2D eigenvalue weighted by molar-refractivity contribution is 5.88. The molecule has 1 unspecified atom stereocenters. The summed E-state index contributed by atoms with van der Waals surface area (Å²) in [7, 11) is 0. The molecular formula is C15H16N2O3. The second-order valence-corrected chi connectivity index (χ2v) is 5.15. The molecule has 104 valence electrons. The molecule has 0 saturated carbocycles. The first-order chi connectivity index (χ1) is 9.58. The Morgan fingerprint density at radius 2 is 2.15 bits per heavy atom. The third-order valence-electron chi connectivity index (χ3n) is 3.78. The SMILES string of the molecule is Cc1ccccc1-c1nc(C(=O)O)c2n1CCC(O)C2. The molecule has 1 aromatic heterocycles. The van der Waals surface area contributed by atoms with Crippen molar-refractivity contribution in [3.63, 3.8) is 0 Å². The topological polar surface area (TPSA) is 75.3 Å². The van der Waals surface area contributed by atoms with Gasteiger partial charge in [-0.15, -0.1) is 0 Å². The number of aryl methyl sites for hydroxylation is 1. The predicted octanol–water partition coefficient (Wildman–Crippen LogP) is 1.86. The van der Waals surface area contributed by atoms with Crippen molar-refractivity contribution >= 4 is 5.97 Å². The van der Waals surface area contributed by atoms with Crippen LogP contribution in [0.25, 0.3) is 11.4 Å². The highest BCUT2D eigenvalue weighted by Gasteiger charge is 2.28. The summed E-state index contributed by atoms with van der Waals surface area (Å²) in [6, 6.07) is 7.79. The molecule has 1 aromatic carbocycles. The summed E-state index contributed by atoms with van der Waals surface area (Å²) in [5.41, 5.74) is 2.68. The van der Waals surface area contributed by atoms with Gasteiger partial charge in [0, 0.05) is 18.5 Å². The van der Waals surface area contributed by atoms with E-state index in [9.17, 15) is 15.0 Å². The minimum absolute atomic E-state index is 0.0574. The molecule has 1 atom stereocenters. The van der Waals surface area contributed by atoms with Crippen molar-refractivity contribution in [3.8, 4) is 11.4 Å². The summed E-state index contributed by atoms with van der Waals surface area (Å²) in [5.74, 6) is -0.356. The monoisotopic (exact) mass is 272 g/mol. The molecule has 2 heterocycles. The number of carboxylic acid groups (broad SMARTS) is 1. The number of aromatic nitrogens is 2. The number of aliphatic hydroxyl groups is 1.